The summed E-state index contributed by atoms with van der Waals surface area (Å²) in [5, 5.41) is 11.1. The third kappa shape index (κ3) is 3.99. The number of alkyl halides is 3. The van der Waals surface area contributed by atoms with Crippen LogP contribution in [0.4, 0.5) is 13.2 Å². The number of thiazole rings is 1. The summed E-state index contributed by atoms with van der Waals surface area (Å²) in [7, 11) is -3.39. The van der Waals surface area contributed by atoms with E-state index in [2.05, 4.69) is 20.5 Å². The number of hydrogen-bond donors (Lipinski definition) is 0. The van der Waals surface area contributed by atoms with Gasteiger partial charge in [-0.3, -0.25) is 0 Å². The number of hydrogen-bond acceptors (Lipinski definition) is 8. The van der Waals surface area contributed by atoms with E-state index in [9.17, 15) is 21.6 Å². The normalized spacial score (nSPS) is 12.5. The molecular weight excluding hydrogens is 399 g/mol. The molecule has 3 aromatic rings. The average molecular weight is 407 g/mol. The lowest BCUT2D eigenvalue weighted by Gasteiger charge is -2.08. The van der Waals surface area contributed by atoms with Crippen LogP contribution in [0, 0.1) is 0 Å². The van der Waals surface area contributed by atoms with Crippen LogP contribution in [-0.2, 0) is 16.0 Å². The Bertz CT molecular complexity index is 1010. The molecular formula is C12H8F3N5O2S3. The average Bonchev–Trinajstić information content (AvgIpc) is 3.16. The van der Waals surface area contributed by atoms with Crippen molar-refractivity contribution in [1.29, 1.82) is 0 Å². The van der Waals surface area contributed by atoms with Crippen LogP contribution in [0.5, 0.6) is 0 Å². The minimum atomic E-state index is -4.49. The predicted molar refractivity (Wildman–Crippen MR) is 83.5 cm³/mol. The summed E-state index contributed by atoms with van der Waals surface area (Å²) in [5.74, 6) is 0. The maximum absolute atomic E-state index is 12.8. The minimum Gasteiger partial charge on any atom is -0.236 e. The van der Waals surface area contributed by atoms with Crippen LogP contribution in [0.2, 0.25) is 0 Å². The molecule has 0 saturated heterocycles. The Kier molecular flexibility index (Phi) is 4.55. The van der Waals surface area contributed by atoms with E-state index in [1.165, 1.54) is 18.3 Å². The lowest BCUT2D eigenvalue weighted by molar-refractivity contribution is -0.137. The minimum absolute atomic E-state index is 0.0769. The Morgan fingerprint density at radius 2 is 2.04 bits per heavy atom. The first-order chi connectivity index (χ1) is 11.6. The fourth-order valence-corrected chi connectivity index (χ4v) is 4.61. The van der Waals surface area contributed by atoms with Gasteiger partial charge in [0.25, 0.3) is 0 Å². The lowest BCUT2D eigenvalue weighted by atomic mass is 10.2. The van der Waals surface area contributed by atoms with Gasteiger partial charge in [0, 0.05) is 6.26 Å². The van der Waals surface area contributed by atoms with E-state index in [0.29, 0.717) is 4.34 Å². The van der Waals surface area contributed by atoms with Gasteiger partial charge in [0.15, 0.2) is 14.2 Å². The molecule has 0 unspecified atom stereocenters. The van der Waals surface area contributed by atoms with Crippen molar-refractivity contribution in [3.05, 3.63) is 36.0 Å². The van der Waals surface area contributed by atoms with Crippen LogP contribution in [0.15, 0.2) is 44.2 Å². The summed E-state index contributed by atoms with van der Waals surface area (Å²) >= 11 is 1.88. The molecule has 0 fully saturated rings. The summed E-state index contributed by atoms with van der Waals surface area (Å²) in [6.07, 6.45) is -2.22. The van der Waals surface area contributed by atoms with Crippen LogP contribution in [0.25, 0.3) is 5.69 Å². The molecule has 3 rings (SSSR count). The van der Waals surface area contributed by atoms with Crippen molar-refractivity contribution in [2.75, 3.05) is 6.26 Å². The Balaban J connectivity index is 1.93. The molecule has 0 radical (unpaired) electrons. The molecule has 0 amide bonds. The highest BCUT2D eigenvalue weighted by Crippen LogP contribution is 2.34. The van der Waals surface area contributed by atoms with E-state index >= 15 is 0 Å². The number of rotatable bonds is 4. The number of tetrazole rings is 1. The molecule has 0 aliphatic rings. The van der Waals surface area contributed by atoms with Gasteiger partial charge in [0.05, 0.1) is 17.4 Å². The first-order valence-corrected chi connectivity index (χ1v) is 9.97. The lowest BCUT2D eigenvalue weighted by Crippen LogP contribution is -2.07. The van der Waals surface area contributed by atoms with Gasteiger partial charge in [-0.25, -0.2) is 13.4 Å². The molecule has 13 heteroatoms. The number of halogens is 3. The molecule has 0 aliphatic heterocycles. The maximum atomic E-state index is 12.8. The third-order valence-corrected chi connectivity index (χ3v) is 6.66. The van der Waals surface area contributed by atoms with Gasteiger partial charge in [0.1, 0.15) is 4.21 Å². The molecule has 7 nitrogen and oxygen atoms in total. The maximum Gasteiger partial charge on any atom is 0.416 e. The smallest absolute Gasteiger partial charge is 0.236 e. The number of aromatic nitrogens is 5. The Morgan fingerprint density at radius 3 is 2.68 bits per heavy atom. The van der Waals surface area contributed by atoms with Crippen molar-refractivity contribution >= 4 is 32.9 Å². The van der Waals surface area contributed by atoms with Gasteiger partial charge in [-0.05, 0) is 40.4 Å². The summed E-state index contributed by atoms with van der Waals surface area (Å²) in [4.78, 5) is 3.96. The molecule has 0 spiro atoms. The number of sulfone groups is 1. The van der Waals surface area contributed by atoms with E-state index in [1.54, 1.807) is 0 Å². The molecule has 0 saturated carbocycles. The molecule has 25 heavy (non-hydrogen) atoms. The summed E-state index contributed by atoms with van der Waals surface area (Å²) in [6, 6.07) is 4.54. The fourth-order valence-electron chi connectivity index (χ4n) is 1.76. The topological polar surface area (TPSA) is 90.6 Å². The second-order valence-corrected chi connectivity index (χ2v) is 9.23. The van der Waals surface area contributed by atoms with Crippen molar-refractivity contribution < 1.29 is 21.6 Å². The third-order valence-electron chi connectivity index (χ3n) is 2.87. The van der Waals surface area contributed by atoms with Crippen LogP contribution < -0.4 is 0 Å². The van der Waals surface area contributed by atoms with Gasteiger partial charge in [-0.15, -0.1) is 5.10 Å². The van der Waals surface area contributed by atoms with Gasteiger partial charge < -0.3 is 0 Å². The summed E-state index contributed by atoms with van der Waals surface area (Å²) in [6.45, 7) is 0. The second-order valence-electron chi connectivity index (χ2n) is 4.74. The molecule has 1 aromatic carbocycles. The SMILES string of the molecule is CS(=O)(=O)c1cnc(Sc2nnnn2-c2cccc(C(F)(F)F)c2)s1. The first-order valence-electron chi connectivity index (χ1n) is 6.44. The van der Waals surface area contributed by atoms with Crippen molar-refractivity contribution in [3.63, 3.8) is 0 Å². The molecule has 0 bridgehead atoms. The quantitative estimate of drug-likeness (QED) is 0.657. The molecule has 0 aliphatic carbocycles. The van der Waals surface area contributed by atoms with Crippen LogP contribution >= 0.6 is 23.1 Å². The van der Waals surface area contributed by atoms with Crippen LogP contribution in [0.3, 0.4) is 0 Å². The number of nitrogens with zero attached hydrogens (tertiary/aromatic N) is 5. The highest BCUT2D eigenvalue weighted by molar-refractivity contribution is 8.01. The van der Waals surface area contributed by atoms with Crippen molar-refractivity contribution in [1.82, 2.24) is 25.2 Å². The standard InChI is InChI=1S/C12H8F3N5O2S3/c1-25(21,22)9-6-16-11(23-9)24-10-17-18-19-20(10)8-4-2-3-7(5-8)12(13,14)15/h2-6H,1H3. The number of benzene rings is 1. The van der Waals surface area contributed by atoms with Gasteiger partial charge in [-0.1, -0.05) is 17.4 Å². The molecule has 132 valence electrons. The van der Waals surface area contributed by atoms with E-state index in [4.69, 9.17) is 0 Å². The van der Waals surface area contributed by atoms with E-state index in [-0.39, 0.29) is 15.1 Å². The van der Waals surface area contributed by atoms with Crippen LogP contribution in [0.1, 0.15) is 5.56 Å². The first kappa shape index (κ1) is 17.8. The molecule has 0 atom stereocenters. The van der Waals surface area contributed by atoms with E-state index in [0.717, 1.165) is 46.2 Å². The van der Waals surface area contributed by atoms with Gasteiger partial charge in [-0.2, -0.15) is 17.9 Å². The zero-order chi connectivity index (χ0) is 18.2. The monoisotopic (exact) mass is 407 g/mol. The second kappa shape index (κ2) is 6.38. The fraction of sp³-hybridized carbons (Fsp3) is 0.167. The zero-order valence-corrected chi connectivity index (χ0v) is 14.7. The highest BCUT2D eigenvalue weighted by Gasteiger charge is 2.30. The van der Waals surface area contributed by atoms with Crippen LogP contribution in [-0.4, -0.2) is 39.9 Å². The summed E-state index contributed by atoms with van der Waals surface area (Å²) in [5.41, 5.74) is -0.702. The highest BCUT2D eigenvalue weighted by atomic mass is 32.2. The van der Waals surface area contributed by atoms with E-state index < -0.39 is 21.6 Å². The molecule has 2 aromatic heterocycles. The predicted octanol–water partition coefficient (Wildman–Crippen LogP) is 2.69. The Hall–Kier alpha value is -1.99. The van der Waals surface area contributed by atoms with Gasteiger partial charge in [0.2, 0.25) is 5.16 Å². The van der Waals surface area contributed by atoms with Crippen molar-refractivity contribution in [2.45, 2.75) is 19.9 Å². The van der Waals surface area contributed by atoms with E-state index in [1.807, 2.05) is 0 Å². The molecule has 2 heterocycles. The summed E-state index contributed by atoms with van der Waals surface area (Å²) < 4.78 is 63.0. The Labute approximate surface area is 147 Å². The van der Waals surface area contributed by atoms with Crippen molar-refractivity contribution in [3.8, 4) is 5.69 Å². The molecule has 0 N–H and O–H groups in total. The zero-order valence-electron chi connectivity index (χ0n) is 12.3. The Morgan fingerprint density at radius 1 is 1.28 bits per heavy atom. The van der Waals surface area contributed by atoms with Gasteiger partial charge >= 0.3 is 6.18 Å². The largest absolute Gasteiger partial charge is 0.416 e. The van der Waals surface area contributed by atoms with Crippen molar-refractivity contribution in [2.24, 2.45) is 0 Å².